The third-order valence-electron chi connectivity index (χ3n) is 3.34. The topological polar surface area (TPSA) is 58.5 Å². The van der Waals surface area contributed by atoms with Gasteiger partial charge in [-0.25, -0.2) is 9.97 Å². The second kappa shape index (κ2) is 6.66. The number of hydrogen-bond donors (Lipinski definition) is 1. The molecule has 18 heavy (non-hydrogen) atoms. The van der Waals surface area contributed by atoms with Crippen LogP contribution in [0.25, 0.3) is 0 Å². The standard InChI is InChI=1S/C13H21N3O2/c1-16(5-2-6-17)13-14-9-12(10-15-13)11-3-7-18-8-4-11/h9-11,17H,2-8H2,1H3. The van der Waals surface area contributed by atoms with Gasteiger partial charge in [-0.2, -0.15) is 0 Å². The maximum atomic E-state index is 8.80. The summed E-state index contributed by atoms with van der Waals surface area (Å²) in [5.41, 5.74) is 1.21. The number of hydrogen-bond acceptors (Lipinski definition) is 5. The van der Waals surface area contributed by atoms with E-state index in [-0.39, 0.29) is 6.61 Å². The molecule has 0 radical (unpaired) electrons. The molecule has 1 aliphatic heterocycles. The summed E-state index contributed by atoms with van der Waals surface area (Å²) >= 11 is 0. The third-order valence-corrected chi connectivity index (χ3v) is 3.34. The van der Waals surface area contributed by atoms with Gasteiger partial charge >= 0.3 is 0 Å². The summed E-state index contributed by atoms with van der Waals surface area (Å²) in [4.78, 5) is 10.8. The van der Waals surface area contributed by atoms with E-state index in [0.717, 1.165) is 45.0 Å². The number of ether oxygens (including phenoxy) is 1. The largest absolute Gasteiger partial charge is 0.396 e. The lowest BCUT2D eigenvalue weighted by Gasteiger charge is -2.22. The van der Waals surface area contributed by atoms with Gasteiger partial charge in [0.25, 0.3) is 0 Å². The first-order valence-corrected chi connectivity index (χ1v) is 6.53. The van der Waals surface area contributed by atoms with Gasteiger partial charge in [0.2, 0.25) is 5.95 Å². The minimum atomic E-state index is 0.199. The third kappa shape index (κ3) is 3.40. The monoisotopic (exact) mass is 251 g/mol. The lowest BCUT2D eigenvalue weighted by molar-refractivity contribution is 0.0852. The summed E-state index contributed by atoms with van der Waals surface area (Å²) in [6.45, 7) is 2.64. The zero-order valence-electron chi connectivity index (χ0n) is 10.9. The van der Waals surface area contributed by atoms with E-state index < -0.39 is 0 Å². The van der Waals surface area contributed by atoms with Gasteiger partial charge < -0.3 is 14.7 Å². The van der Waals surface area contributed by atoms with E-state index in [9.17, 15) is 0 Å². The Hall–Kier alpha value is -1.20. The van der Waals surface area contributed by atoms with Crippen LogP contribution in [0.3, 0.4) is 0 Å². The van der Waals surface area contributed by atoms with Gasteiger partial charge in [-0.15, -0.1) is 0 Å². The van der Waals surface area contributed by atoms with Gasteiger partial charge in [0.1, 0.15) is 0 Å². The molecule has 1 aromatic rings. The second-order valence-electron chi connectivity index (χ2n) is 4.70. The molecule has 1 fully saturated rings. The van der Waals surface area contributed by atoms with Crippen molar-refractivity contribution in [3.05, 3.63) is 18.0 Å². The lowest BCUT2D eigenvalue weighted by Crippen LogP contribution is -2.22. The van der Waals surface area contributed by atoms with Crippen LogP contribution >= 0.6 is 0 Å². The quantitative estimate of drug-likeness (QED) is 0.852. The van der Waals surface area contributed by atoms with E-state index in [0.29, 0.717) is 5.92 Å². The van der Waals surface area contributed by atoms with Crippen molar-refractivity contribution < 1.29 is 9.84 Å². The molecule has 2 heterocycles. The van der Waals surface area contributed by atoms with Crippen molar-refractivity contribution in [2.75, 3.05) is 38.3 Å². The summed E-state index contributed by atoms with van der Waals surface area (Å²) in [5, 5.41) is 8.80. The Morgan fingerprint density at radius 2 is 2.00 bits per heavy atom. The Balaban J connectivity index is 1.95. The Bertz CT molecular complexity index is 350. The van der Waals surface area contributed by atoms with Crippen molar-refractivity contribution in [2.45, 2.75) is 25.2 Å². The average Bonchev–Trinajstić information content (AvgIpc) is 2.46. The number of nitrogens with zero attached hydrogens (tertiary/aromatic N) is 3. The van der Waals surface area contributed by atoms with E-state index in [2.05, 4.69) is 9.97 Å². The van der Waals surface area contributed by atoms with Gasteiger partial charge in [0.05, 0.1) is 0 Å². The van der Waals surface area contributed by atoms with Gasteiger partial charge in [0.15, 0.2) is 0 Å². The van der Waals surface area contributed by atoms with Gasteiger partial charge in [-0.1, -0.05) is 0 Å². The SMILES string of the molecule is CN(CCCO)c1ncc(C2CCOCC2)cn1. The summed E-state index contributed by atoms with van der Waals surface area (Å²) in [5.74, 6) is 1.26. The first-order chi connectivity index (χ1) is 8.81. The Morgan fingerprint density at radius 3 is 2.61 bits per heavy atom. The highest BCUT2D eigenvalue weighted by Gasteiger charge is 2.16. The average molecular weight is 251 g/mol. The van der Waals surface area contributed by atoms with E-state index in [1.807, 2.05) is 24.3 Å². The highest BCUT2D eigenvalue weighted by atomic mass is 16.5. The fourth-order valence-electron chi connectivity index (χ4n) is 2.18. The molecule has 1 aromatic heterocycles. The summed E-state index contributed by atoms with van der Waals surface area (Å²) in [7, 11) is 1.94. The Kier molecular flexibility index (Phi) is 4.90. The molecule has 0 saturated carbocycles. The summed E-state index contributed by atoms with van der Waals surface area (Å²) in [6.07, 6.45) is 6.70. The highest BCUT2D eigenvalue weighted by Crippen LogP contribution is 2.26. The lowest BCUT2D eigenvalue weighted by atomic mass is 9.94. The van der Waals surface area contributed by atoms with Crippen molar-refractivity contribution in [2.24, 2.45) is 0 Å². The molecule has 1 N–H and O–H groups in total. The van der Waals surface area contributed by atoms with Gasteiger partial charge in [0, 0.05) is 45.8 Å². The maximum Gasteiger partial charge on any atom is 0.224 e. The van der Waals surface area contributed by atoms with Crippen LogP contribution in [0.5, 0.6) is 0 Å². The molecule has 2 rings (SSSR count). The van der Waals surface area contributed by atoms with E-state index in [4.69, 9.17) is 9.84 Å². The van der Waals surface area contributed by atoms with E-state index in [1.165, 1.54) is 5.56 Å². The van der Waals surface area contributed by atoms with Crippen LogP contribution in [0.15, 0.2) is 12.4 Å². The molecule has 0 unspecified atom stereocenters. The Labute approximate surface area is 108 Å². The van der Waals surface area contributed by atoms with Crippen LogP contribution in [-0.4, -0.2) is 48.5 Å². The molecule has 0 spiro atoms. The molecular weight excluding hydrogens is 230 g/mol. The fraction of sp³-hybridized carbons (Fsp3) is 0.692. The number of aliphatic hydroxyl groups is 1. The van der Waals surface area contributed by atoms with Gasteiger partial charge in [-0.05, 0) is 30.7 Å². The smallest absolute Gasteiger partial charge is 0.224 e. The van der Waals surface area contributed by atoms with Crippen molar-refractivity contribution in [1.29, 1.82) is 0 Å². The van der Waals surface area contributed by atoms with Crippen LogP contribution in [0.1, 0.15) is 30.7 Å². The molecule has 1 aliphatic rings. The van der Waals surface area contributed by atoms with Crippen LogP contribution < -0.4 is 4.90 Å². The van der Waals surface area contributed by atoms with Crippen LogP contribution in [0, 0.1) is 0 Å². The van der Waals surface area contributed by atoms with Crippen molar-refractivity contribution in [1.82, 2.24) is 9.97 Å². The van der Waals surface area contributed by atoms with Crippen molar-refractivity contribution >= 4 is 5.95 Å². The predicted octanol–water partition coefficient (Wildman–Crippen LogP) is 1.19. The molecule has 0 amide bonds. The maximum absolute atomic E-state index is 8.80. The molecule has 1 saturated heterocycles. The van der Waals surface area contributed by atoms with Crippen molar-refractivity contribution in [3.63, 3.8) is 0 Å². The number of anilines is 1. The zero-order valence-corrected chi connectivity index (χ0v) is 10.9. The molecule has 0 atom stereocenters. The zero-order chi connectivity index (χ0) is 12.8. The minimum absolute atomic E-state index is 0.199. The molecule has 0 bridgehead atoms. The van der Waals surface area contributed by atoms with Crippen molar-refractivity contribution in [3.8, 4) is 0 Å². The first-order valence-electron chi connectivity index (χ1n) is 6.53. The van der Waals surface area contributed by atoms with E-state index >= 15 is 0 Å². The molecule has 5 nitrogen and oxygen atoms in total. The first kappa shape index (κ1) is 13.2. The van der Waals surface area contributed by atoms with Crippen LogP contribution in [0.2, 0.25) is 0 Å². The molecule has 0 aliphatic carbocycles. The second-order valence-corrected chi connectivity index (χ2v) is 4.70. The summed E-state index contributed by atoms with van der Waals surface area (Å²) in [6, 6.07) is 0. The predicted molar refractivity (Wildman–Crippen MR) is 69.8 cm³/mol. The number of aliphatic hydroxyl groups excluding tert-OH is 1. The van der Waals surface area contributed by atoms with E-state index in [1.54, 1.807) is 0 Å². The molecule has 0 aromatic carbocycles. The molecule has 5 heteroatoms. The highest BCUT2D eigenvalue weighted by molar-refractivity contribution is 5.29. The number of rotatable bonds is 5. The normalized spacial score (nSPS) is 16.8. The number of aromatic nitrogens is 2. The van der Waals surface area contributed by atoms with Crippen LogP contribution in [-0.2, 0) is 4.74 Å². The minimum Gasteiger partial charge on any atom is -0.396 e. The Morgan fingerprint density at radius 1 is 1.33 bits per heavy atom. The fourth-order valence-corrected chi connectivity index (χ4v) is 2.18. The molecular formula is C13H21N3O2. The van der Waals surface area contributed by atoms with Crippen LogP contribution in [0.4, 0.5) is 5.95 Å². The molecule has 100 valence electrons. The van der Waals surface area contributed by atoms with Gasteiger partial charge in [-0.3, -0.25) is 0 Å². The summed E-state index contributed by atoms with van der Waals surface area (Å²) < 4.78 is 5.35.